The van der Waals surface area contributed by atoms with Crippen LogP contribution in [0.15, 0.2) is 89.9 Å². The smallest absolute Gasteiger partial charge is 0.255 e. The summed E-state index contributed by atoms with van der Waals surface area (Å²) in [7, 11) is 3.21. The van der Waals surface area contributed by atoms with E-state index in [1.807, 2.05) is 79.7 Å². The number of carbonyl (C=O) groups excluding carboxylic acids is 1. The highest BCUT2D eigenvalue weighted by molar-refractivity contribution is 6.20. The minimum atomic E-state index is -0.631. The molecule has 0 saturated carbocycles. The molecule has 3 aromatic carbocycles. The number of amides is 1. The first-order valence-electron chi connectivity index (χ1n) is 11.1. The lowest BCUT2D eigenvalue weighted by molar-refractivity contribution is -0.118. The predicted octanol–water partition coefficient (Wildman–Crippen LogP) is 5.08. The maximum atomic E-state index is 13.6. The molecule has 1 amide bonds. The number of anilines is 1. The van der Waals surface area contributed by atoms with Crippen molar-refractivity contribution in [3.05, 3.63) is 102 Å². The van der Waals surface area contributed by atoms with Crippen LogP contribution >= 0.6 is 0 Å². The number of benzene rings is 3. The Morgan fingerprint density at radius 3 is 2.21 bits per heavy atom. The molecule has 168 valence electrons. The van der Waals surface area contributed by atoms with E-state index in [2.05, 4.69) is 12.1 Å². The molecular formula is C28H28N2O3. The minimum Gasteiger partial charge on any atom is -0.493 e. The molecule has 1 atom stereocenters. The van der Waals surface area contributed by atoms with Gasteiger partial charge in [0, 0.05) is 23.7 Å². The van der Waals surface area contributed by atoms with Gasteiger partial charge in [0.1, 0.15) is 6.04 Å². The first-order chi connectivity index (χ1) is 16.2. The number of hydrogen-bond donors (Lipinski definition) is 0. The summed E-state index contributed by atoms with van der Waals surface area (Å²) in [4.78, 5) is 20.4. The van der Waals surface area contributed by atoms with Gasteiger partial charge in [-0.25, -0.2) is 0 Å². The monoisotopic (exact) mass is 440 g/mol. The van der Waals surface area contributed by atoms with E-state index in [1.54, 1.807) is 19.1 Å². The van der Waals surface area contributed by atoms with Crippen molar-refractivity contribution in [3.8, 4) is 11.5 Å². The van der Waals surface area contributed by atoms with Crippen LogP contribution < -0.4 is 14.4 Å². The molecule has 0 spiro atoms. The highest BCUT2D eigenvalue weighted by Gasteiger charge is 2.31. The third-order valence-corrected chi connectivity index (χ3v) is 5.71. The summed E-state index contributed by atoms with van der Waals surface area (Å²) in [6.07, 6.45) is 4.66. The maximum absolute atomic E-state index is 13.6. The van der Waals surface area contributed by atoms with Crippen molar-refractivity contribution in [3.63, 3.8) is 0 Å². The molecule has 5 nitrogen and oxygen atoms in total. The van der Waals surface area contributed by atoms with Crippen LogP contribution in [-0.2, 0) is 11.2 Å². The lowest BCUT2D eigenvalue weighted by atomic mass is 9.99. The number of benzodiazepines with no additional fused rings is 1. The first-order valence-corrected chi connectivity index (χ1v) is 11.1. The lowest BCUT2D eigenvalue weighted by Gasteiger charge is -2.24. The zero-order valence-corrected chi connectivity index (χ0v) is 19.2. The van der Waals surface area contributed by atoms with E-state index in [1.165, 1.54) is 5.56 Å². The van der Waals surface area contributed by atoms with Gasteiger partial charge in [0.05, 0.1) is 25.6 Å². The van der Waals surface area contributed by atoms with Crippen LogP contribution in [0.5, 0.6) is 11.5 Å². The number of rotatable bonds is 7. The van der Waals surface area contributed by atoms with Gasteiger partial charge in [-0.15, -0.1) is 0 Å². The molecule has 33 heavy (non-hydrogen) atoms. The van der Waals surface area contributed by atoms with Gasteiger partial charge in [0.2, 0.25) is 0 Å². The lowest BCUT2D eigenvalue weighted by Crippen LogP contribution is -2.37. The third-order valence-electron chi connectivity index (χ3n) is 5.71. The Labute approximate surface area is 195 Å². The number of likely N-dealkylation sites (N-methyl/N-ethyl adjacent to an activating group) is 1. The second-order valence-electron chi connectivity index (χ2n) is 7.71. The van der Waals surface area contributed by atoms with Crippen molar-refractivity contribution in [2.45, 2.75) is 19.4 Å². The zero-order chi connectivity index (χ0) is 23.2. The van der Waals surface area contributed by atoms with E-state index in [9.17, 15) is 4.79 Å². The fraction of sp³-hybridized carbons (Fsp3) is 0.214. The van der Waals surface area contributed by atoms with E-state index in [0.29, 0.717) is 18.0 Å². The summed E-state index contributed by atoms with van der Waals surface area (Å²) < 4.78 is 11.1. The van der Waals surface area contributed by atoms with Gasteiger partial charge >= 0.3 is 0 Å². The molecule has 0 aromatic heterocycles. The second kappa shape index (κ2) is 10.2. The molecule has 0 saturated heterocycles. The minimum absolute atomic E-state index is 0.0683. The van der Waals surface area contributed by atoms with Gasteiger partial charge in [0.15, 0.2) is 11.5 Å². The van der Waals surface area contributed by atoms with E-state index in [4.69, 9.17) is 14.5 Å². The van der Waals surface area contributed by atoms with E-state index >= 15 is 0 Å². The van der Waals surface area contributed by atoms with Crippen LogP contribution in [0.25, 0.3) is 0 Å². The van der Waals surface area contributed by atoms with E-state index in [-0.39, 0.29) is 5.91 Å². The van der Waals surface area contributed by atoms with Crippen molar-refractivity contribution in [1.29, 1.82) is 0 Å². The largest absolute Gasteiger partial charge is 0.493 e. The summed E-state index contributed by atoms with van der Waals surface area (Å²) >= 11 is 0. The van der Waals surface area contributed by atoms with Crippen molar-refractivity contribution in [2.75, 3.05) is 25.7 Å². The van der Waals surface area contributed by atoms with E-state index in [0.717, 1.165) is 28.9 Å². The standard InChI is InChI=1S/C28H28N2O3/c1-4-30-24-19-26(33-3)25(32-2)18-22(24)27(21-15-9-6-10-16-21)29-23(28(30)31)17-11-14-20-12-7-5-8-13-20/h5-13,15-19,23H,4,14H2,1-3H3. The molecule has 0 radical (unpaired) electrons. The number of methoxy groups -OCH3 is 2. The Bertz CT molecular complexity index is 1170. The van der Waals surface area contributed by atoms with Crippen LogP contribution in [0.2, 0.25) is 0 Å². The third kappa shape index (κ3) is 4.67. The Morgan fingerprint density at radius 1 is 0.939 bits per heavy atom. The van der Waals surface area contributed by atoms with Gasteiger partial charge < -0.3 is 14.4 Å². The molecule has 5 heteroatoms. The normalized spacial score (nSPS) is 15.7. The number of ether oxygens (including phenoxy) is 2. The van der Waals surface area contributed by atoms with Gasteiger partial charge in [-0.3, -0.25) is 9.79 Å². The highest BCUT2D eigenvalue weighted by atomic mass is 16.5. The van der Waals surface area contributed by atoms with Crippen molar-refractivity contribution in [2.24, 2.45) is 4.99 Å². The summed E-state index contributed by atoms with van der Waals surface area (Å²) in [5.41, 5.74) is 4.49. The molecule has 1 unspecified atom stereocenters. The van der Waals surface area contributed by atoms with Gasteiger partial charge in [-0.05, 0) is 25.0 Å². The van der Waals surface area contributed by atoms with Crippen LogP contribution in [-0.4, -0.2) is 38.4 Å². The van der Waals surface area contributed by atoms with Crippen LogP contribution in [0.1, 0.15) is 23.6 Å². The van der Waals surface area contributed by atoms with Crippen LogP contribution in [0, 0.1) is 0 Å². The number of nitrogens with zero attached hydrogens (tertiary/aromatic N) is 2. The number of allylic oxidation sites excluding steroid dienone is 1. The molecule has 0 fully saturated rings. The first kappa shape index (κ1) is 22.3. The molecule has 0 bridgehead atoms. The number of fused-ring (bicyclic) bond motifs is 1. The van der Waals surface area contributed by atoms with Gasteiger partial charge in [-0.2, -0.15) is 0 Å². The summed E-state index contributed by atoms with van der Waals surface area (Å²) in [5.74, 6) is 1.11. The van der Waals surface area contributed by atoms with Gasteiger partial charge in [0.25, 0.3) is 5.91 Å². The summed E-state index contributed by atoms with van der Waals surface area (Å²) in [6.45, 7) is 2.48. The molecule has 0 N–H and O–H groups in total. The predicted molar refractivity (Wildman–Crippen MR) is 133 cm³/mol. The Hall–Kier alpha value is -3.86. The van der Waals surface area contributed by atoms with Crippen molar-refractivity contribution >= 4 is 17.3 Å². The second-order valence-corrected chi connectivity index (χ2v) is 7.71. The summed E-state index contributed by atoms with van der Waals surface area (Å²) in [6, 6.07) is 23.3. The molecule has 0 aliphatic carbocycles. The topological polar surface area (TPSA) is 51.1 Å². The molecule has 1 aliphatic rings. The molecular weight excluding hydrogens is 412 g/mol. The average Bonchev–Trinajstić information content (AvgIpc) is 2.98. The van der Waals surface area contributed by atoms with Crippen molar-refractivity contribution < 1.29 is 14.3 Å². The molecule has 1 heterocycles. The van der Waals surface area contributed by atoms with Crippen molar-refractivity contribution in [1.82, 2.24) is 0 Å². The quantitative estimate of drug-likeness (QED) is 0.482. The average molecular weight is 441 g/mol. The van der Waals surface area contributed by atoms with E-state index < -0.39 is 6.04 Å². The van der Waals surface area contributed by atoms with Crippen LogP contribution in [0.4, 0.5) is 5.69 Å². The maximum Gasteiger partial charge on any atom is 0.255 e. The fourth-order valence-corrected chi connectivity index (χ4v) is 4.05. The Balaban J connectivity index is 1.84. The van der Waals surface area contributed by atoms with Crippen LogP contribution in [0.3, 0.4) is 0 Å². The zero-order valence-electron chi connectivity index (χ0n) is 19.2. The SMILES string of the molecule is CCN1C(=O)C(C=CCc2ccccc2)N=C(c2ccccc2)c2cc(OC)c(OC)cc21. The molecule has 3 aromatic rings. The number of carbonyl (C=O) groups is 1. The van der Waals surface area contributed by atoms with Gasteiger partial charge in [-0.1, -0.05) is 72.8 Å². The summed E-state index contributed by atoms with van der Waals surface area (Å²) in [5, 5.41) is 0. The Morgan fingerprint density at radius 2 is 1.58 bits per heavy atom. The molecule has 4 rings (SSSR count). The molecule has 1 aliphatic heterocycles. The fourth-order valence-electron chi connectivity index (χ4n) is 4.05. The highest BCUT2D eigenvalue weighted by Crippen LogP contribution is 2.38. The number of hydrogen-bond acceptors (Lipinski definition) is 4. The number of aliphatic imine (C=N–C) groups is 1. The Kier molecular flexibility index (Phi) is 6.89.